The van der Waals surface area contributed by atoms with Gasteiger partial charge in [0.05, 0.1) is 10.4 Å². The summed E-state index contributed by atoms with van der Waals surface area (Å²) in [7, 11) is -4.65. The molecule has 0 spiro atoms. The topological polar surface area (TPSA) is 89.3 Å². The molecule has 0 aliphatic carbocycles. The molecule has 1 aromatic carbocycles. The van der Waals surface area contributed by atoms with Gasteiger partial charge >= 0.3 is 5.76 Å². The number of halogens is 3. The molecule has 5 nitrogen and oxygen atoms in total. The van der Waals surface area contributed by atoms with Gasteiger partial charge in [0.1, 0.15) is 0 Å². The van der Waals surface area contributed by atoms with Crippen molar-refractivity contribution < 1.29 is 22.0 Å². The zero-order valence-electron chi connectivity index (χ0n) is 12.9. The summed E-state index contributed by atoms with van der Waals surface area (Å²) >= 11 is 0. The Kier molecular flexibility index (Phi) is 8.09. The number of sulfone groups is 1. The fraction of sp³-hybridized carbons (Fsp3) is 0.500. The van der Waals surface area contributed by atoms with Gasteiger partial charge in [-0.05, 0) is 37.1 Å². The van der Waals surface area contributed by atoms with Crippen molar-refractivity contribution in [3.05, 3.63) is 29.8 Å². The molecule has 1 rings (SSSR count). The van der Waals surface area contributed by atoms with E-state index in [4.69, 9.17) is 5.73 Å². The first kappa shape index (κ1) is 21.8. The van der Waals surface area contributed by atoms with Crippen molar-refractivity contribution in [3.63, 3.8) is 0 Å². The molecule has 1 amide bonds. The standard InChI is InChI=1S/C14H20F2N2O3S.ClH/c1-3-14(4-2,9-17)18-12(19)10-5-7-11(8-6-10)22(20,21)13(15)16;/h5-8,13H,3-4,9,17H2,1-2H3,(H,18,19);1H. The zero-order valence-corrected chi connectivity index (χ0v) is 14.5. The molecular weight excluding hydrogens is 350 g/mol. The number of benzene rings is 1. The maximum Gasteiger partial charge on any atom is 0.341 e. The van der Waals surface area contributed by atoms with E-state index in [1.54, 1.807) is 0 Å². The largest absolute Gasteiger partial charge is 0.345 e. The average molecular weight is 371 g/mol. The second-order valence-electron chi connectivity index (χ2n) is 4.98. The van der Waals surface area contributed by atoms with Crippen molar-refractivity contribution in [2.75, 3.05) is 6.54 Å². The first-order chi connectivity index (χ1) is 10.2. The third-order valence-corrected chi connectivity index (χ3v) is 5.20. The lowest BCUT2D eigenvalue weighted by Crippen LogP contribution is -2.52. The minimum atomic E-state index is -4.65. The lowest BCUT2D eigenvalue weighted by atomic mass is 9.92. The van der Waals surface area contributed by atoms with Gasteiger partial charge in [0.25, 0.3) is 5.91 Å². The minimum Gasteiger partial charge on any atom is -0.345 e. The van der Waals surface area contributed by atoms with Crippen LogP contribution >= 0.6 is 12.4 Å². The highest BCUT2D eigenvalue weighted by molar-refractivity contribution is 7.91. The van der Waals surface area contributed by atoms with E-state index >= 15 is 0 Å². The maximum atomic E-state index is 12.4. The molecule has 132 valence electrons. The van der Waals surface area contributed by atoms with Crippen molar-refractivity contribution in [1.29, 1.82) is 0 Å². The van der Waals surface area contributed by atoms with Crippen molar-refractivity contribution in [2.24, 2.45) is 5.73 Å². The molecule has 0 radical (unpaired) electrons. The molecule has 0 aliphatic heterocycles. The summed E-state index contributed by atoms with van der Waals surface area (Å²) in [6.07, 6.45) is 1.28. The number of alkyl halides is 2. The van der Waals surface area contributed by atoms with Crippen LogP contribution in [0.5, 0.6) is 0 Å². The number of amides is 1. The summed E-state index contributed by atoms with van der Waals surface area (Å²) in [5, 5.41) is 2.82. The number of hydrogen-bond acceptors (Lipinski definition) is 4. The van der Waals surface area contributed by atoms with Gasteiger partial charge < -0.3 is 11.1 Å². The quantitative estimate of drug-likeness (QED) is 0.771. The zero-order chi connectivity index (χ0) is 17.0. The number of rotatable bonds is 7. The van der Waals surface area contributed by atoms with Crippen LogP contribution in [0.1, 0.15) is 37.0 Å². The Balaban J connectivity index is 0.00000484. The molecule has 1 aromatic rings. The first-order valence-electron chi connectivity index (χ1n) is 6.87. The van der Waals surface area contributed by atoms with E-state index < -0.39 is 31.9 Å². The average Bonchev–Trinajstić information content (AvgIpc) is 2.52. The highest BCUT2D eigenvalue weighted by Crippen LogP contribution is 2.19. The van der Waals surface area contributed by atoms with Crippen LogP contribution in [-0.2, 0) is 9.84 Å². The van der Waals surface area contributed by atoms with Gasteiger partial charge in [-0.2, -0.15) is 8.78 Å². The maximum absolute atomic E-state index is 12.4. The lowest BCUT2D eigenvalue weighted by Gasteiger charge is -2.31. The molecule has 0 aromatic heterocycles. The summed E-state index contributed by atoms with van der Waals surface area (Å²) in [4.78, 5) is 11.6. The second kappa shape index (κ2) is 8.56. The van der Waals surface area contributed by atoms with Gasteiger partial charge in [-0.15, -0.1) is 12.4 Å². The third kappa shape index (κ3) is 4.86. The van der Waals surface area contributed by atoms with Crippen molar-refractivity contribution in [2.45, 2.75) is 42.9 Å². The lowest BCUT2D eigenvalue weighted by molar-refractivity contribution is 0.0895. The number of nitrogens with two attached hydrogens (primary N) is 1. The molecule has 0 atom stereocenters. The van der Waals surface area contributed by atoms with Crippen LogP contribution < -0.4 is 11.1 Å². The predicted molar refractivity (Wildman–Crippen MR) is 86.7 cm³/mol. The number of hydrogen-bond donors (Lipinski definition) is 2. The monoisotopic (exact) mass is 370 g/mol. The second-order valence-corrected chi connectivity index (χ2v) is 6.89. The summed E-state index contributed by atoms with van der Waals surface area (Å²) in [6.45, 7) is 4.06. The summed E-state index contributed by atoms with van der Waals surface area (Å²) in [6, 6.07) is 4.41. The molecule has 0 aliphatic rings. The Morgan fingerprint density at radius 3 is 2.04 bits per heavy atom. The van der Waals surface area contributed by atoms with Crippen LogP contribution in [0.25, 0.3) is 0 Å². The molecule has 0 saturated heterocycles. The molecule has 0 fully saturated rings. The van der Waals surface area contributed by atoms with E-state index in [0.29, 0.717) is 12.8 Å². The van der Waals surface area contributed by atoms with Gasteiger partial charge in [0, 0.05) is 12.1 Å². The van der Waals surface area contributed by atoms with Crippen molar-refractivity contribution in [1.82, 2.24) is 5.32 Å². The highest BCUT2D eigenvalue weighted by atomic mass is 35.5. The summed E-state index contributed by atoms with van der Waals surface area (Å²) in [5.74, 6) is -3.91. The highest BCUT2D eigenvalue weighted by Gasteiger charge is 2.28. The van der Waals surface area contributed by atoms with E-state index in [9.17, 15) is 22.0 Å². The Labute approximate surface area is 141 Å². The molecule has 0 bridgehead atoms. The van der Waals surface area contributed by atoms with Gasteiger partial charge in [0.15, 0.2) is 0 Å². The van der Waals surface area contributed by atoms with E-state index in [0.717, 1.165) is 12.1 Å². The smallest absolute Gasteiger partial charge is 0.341 e. The third-order valence-electron chi connectivity index (χ3n) is 3.80. The van der Waals surface area contributed by atoms with Crippen molar-refractivity contribution >= 4 is 28.2 Å². The van der Waals surface area contributed by atoms with E-state index in [1.807, 2.05) is 13.8 Å². The molecular formula is C14H21ClF2N2O3S. The molecule has 23 heavy (non-hydrogen) atoms. The SMILES string of the molecule is CCC(CC)(CN)NC(=O)c1ccc(S(=O)(=O)C(F)F)cc1.Cl. The first-order valence-corrected chi connectivity index (χ1v) is 8.41. The number of carbonyl (C=O) groups excluding carboxylic acids is 1. The Morgan fingerprint density at radius 1 is 1.22 bits per heavy atom. The van der Waals surface area contributed by atoms with Crippen molar-refractivity contribution in [3.8, 4) is 0 Å². The van der Waals surface area contributed by atoms with Crippen LogP contribution in [0.15, 0.2) is 29.2 Å². The Hall–Kier alpha value is -1.25. The minimum absolute atomic E-state index is 0. The van der Waals surface area contributed by atoms with Crippen LogP contribution in [0.3, 0.4) is 0 Å². The fourth-order valence-electron chi connectivity index (χ4n) is 1.98. The molecule has 3 N–H and O–H groups in total. The van der Waals surface area contributed by atoms with Gasteiger partial charge in [-0.1, -0.05) is 13.8 Å². The van der Waals surface area contributed by atoms with E-state index in [-0.39, 0.29) is 24.5 Å². The number of nitrogens with one attached hydrogen (secondary N) is 1. The Bertz CT molecular complexity index is 609. The normalized spacial score (nSPS) is 11.9. The van der Waals surface area contributed by atoms with Crippen LogP contribution in [0.4, 0.5) is 8.78 Å². The predicted octanol–water partition coefficient (Wildman–Crippen LogP) is 2.35. The fourth-order valence-corrected chi connectivity index (χ4v) is 2.70. The molecule has 0 unspecified atom stereocenters. The summed E-state index contributed by atoms with van der Waals surface area (Å²) < 4.78 is 47.5. The number of carbonyl (C=O) groups is 1. The Morgan fingerprint density at radius 2 is 1.70 bits per heavy atom. The molecule has 0 heterocycles. The van der Waals surface area contributed by atoms with Crippen LogP contribution in [-0.4, -0.2) is 32.2 Å². The van der Waals surface area contributed by atoms with E-state index in [1.165, 1.54) is 12.1 Å². The summed E-state index contributed by atoms with van der Waals surface area (Å²) in [5.41, 5.74) is 5.34. The van der Waals surface area contributed by atoms with Gasteiger partial charge in [-0.25, -0.2) is 8.42 Å². The van der Waals surface area contributed by atoms with Gasteiger partial charge in [-0.3, -0.25) is 4.79 Å². The molecule has 9 heteroatoms. The molecule has 0 saturated carbocycles. The van der Waals surface area contributed by atoms with Crippen LogP contribution in [0.2, 0.25) is 0 Å². The van der Waals surface area contributed by atoms with Crippen LogP contribution in [0, 0.1) is 0 Å². The van der Waals surface area contributed by atoms with E-state index in [2.05, 4.69) is 5.32 Å². The van der Waals surface area contributed by atoms with Gasteiger partial charge in [0.2, 0.25) is 9.84 Å².